The van der Waals surface area contributed by atoms with Crippen LogP contribution in [0.25, 0.3) is 0 Å². The summed E-state index contributed by atoms with van der Waals surface area (Å²) in [4.78, 5) is 8.89. The van der Waals surface area contributed by atoms with E-state index in [1.54, 1.807) is 0 Å². The number of rotatable bonds is 6. The topological polar surface area (TPSA) is 47.0 Å². The average Bonchev–Trinajstić information content (AvgIpc) is 3.32. The van der Waals surface area contributed by atoms with E-state index in [0.717, 1.165) is 23.0 Å². The van der Waals surface area contributed by atoms with E-state index in [2.05, 4.69) is 21.4 Å². The molecule has 1 aromatic carbocycles. The molecule has 1 fully saturated rings. The maximum atomic E-state index is 5.62. The molecule has 0 amide bonds. The molecule has 0 bridgehead atoms. The van der Waals surface area contributed by atoms with Crippen LogP contribution >= 0.6 is 0 Å². The van der Waals surface area contributed by atoms with Crippen molar-refractivity contribution in [2.24, 2.45) is 0 Å². The molecule has 0 aliphatic heterocycles. The Morgan fingerprint density at radius 3 is 2.90 bits per heavy atom. The van der Waals surface area contributed by atoms with Crippen molar-refractivity contribution in [1.82, 2.24) is 9.97 Å². The van der Waals surface area contributed by atoms with E-state index in [-0.39, 0.29) is 0 Å². The third kappa shape index (κ3) is 3.07. The molecule has 104 valence electrons. The van der Waals surface area contributed by atoms with Gasteiger partial charge in [0.2, 0.25) is 0 Å². The molecule has 0 radical (unpaired) electrons. The molecule has 0 saturated heterocycles. The predicted molar refractivity (Wildman–Crippen MR) is 78.9 cm³/mol. The highest BCUT2D eigenvalue weighted by Crippen LogP contribution is 2.38. The van der Waals surface area contributed by atoms with Gasteiger partial charge in [-0.3, -0.25) is 0 Å². The fourth-order valence-electron chi connectivity index (χ4n) is 2.14. The van der Waals surface area contributed by atoms with E-state index < -0.39 is 0 Å². The minimum Gasteiger partial charge on any atom is -0.494 e. The Bertz CT molecular complexity index is 581. The van der Waals surface area contributed by atoms with Crippen LogP contribution in [0.2, 0.25) is 0 Å². The van der Waals surface area contributed by atoms with Gasteiger partial charge in [-0.15, -0.1) is 0 Å². The molecule has 0 spiro atoms. The second-order valence-corrected chi connectivity index (χ2v) is 4.97. The van der Waals surface area contributed by atoms with Gasteiger partial charge in [-0.05, 0) is 31.9 Å². The Kier molecular flexibility index (Phi) is 3.81. The normalized spacial score (nSPS) is 14.1. The average molecular weight is 269 g/mol. The van der Waals surface area contributed by atoms with E-state index in [4.69, 9.17) is 4.74 Å². The van der Waals surface area contributed by atoms with Crippen molar-refractivity contribution in [1.29, 1.82) is 0 Å². The molecular weight excluding hydrogens is 250 g/mol. The number of nitrogens with zero attached hydrogens (tertiary/aromatic N) is 2. The summed E-state index contributed by atoms with van der Waals surface area (Å²) < 4.78 is 5.62. The number of benzene rings is 1. The third-order valence-corrected chi connectivity index (χ3v) is 3.35. The van der Waals surface area contributed by atoms with Gasteiger partial charge in [-0.1, -0.05) is 18.2 Å². The summed E-state index contributed by atoms with van der Waals surface area (Å²) in [6.45, 7) is 3.38. The van der Waals surface area contributed by atoms with Gasteiger partial charge in [0.15, 0.2) is 0 Å². The van der Waals surface area contributed by atoms with Crippen LogP contribution in [0.1, 0.15) is 37.1 Å². The molecule has 20 heavy (non-hydrogen) atoms. The molecular formula is C16H19N3O. The monoisotopic (exact) mass is 269 g/mol. The summed E-state index contributed by atoms with van der Waals surface area (Å²) >= 11 is 0. The Morgan fingerprint density at radius 1 is 1.25 bits per heavy atom. The second kappa shape index (κ2) is 5.90. The van der Waals surface area contributed by atoms with Crippen molar-refractivity contribution in [3.8, 4) is 5.75 Å². The lowest BCUT2D eigenvalue weighted by atomic mass is 10.2. The van der Waals surface area contributed by atoms with Crippen LogP contribution in [-0.2, 0) is 6.54 Å². The van der Waals surface area contributed by atoms with Crippen LogP contribution in [0, 0.1) is 0 Å². The molecule has 1 aliphatic carbocycles. The highest BCUT2D eigenvalue weighted by molar-refractivity contribution is 5.39. The summed E-state index contributed by atoms with van der Waals surface area (Å²) in [6, 6.07) is 9.99. The number of anilines is 1. The summed E-state index contributed by atoms with van der Waals surface area (Å²) in [5.74, 6) is 3.35. The zero-order valence-corrected chi connectivity index (χ0v) is 11.7. The third-order valence-electron chi connectivity index (χ3n) is 3.35. The highest BCUT2D eigenvalue weighted by Gasteiger charge is 2.26. The molecule has 1 aliphatic rings. The van der Waals surface area contributed by atoms with Crippen molar-refractivity contribution in [2.75, 3.05) is 11.9 Å². The quantitative estimate of drug-likeness (QED) is 0.873. The van der Waals surface area contributed by atoms with Crippen molar-refractivity contribution < 1.29 is 4.74 Å². The molecule has 0 unspecified atom stereocenters. The van der Waals surface area contributed by atoms with Crippen LogP contribution in [0.15, 0.2) is 36.5 Å². The Balaban J connectivity index is 1.68. The molecule has 0 atom stereocenters. The molecule has 1 heterocycles. The zero-order valence-electron chi connectivity index (χ0n) is 11.7. The van der Waals surface area contributed by atoms with Gasteiger partial charge < -0.3 is 10.1 Å². The first-order valence-corrected chi connectivity index (χ1v) is 7.14. The standard InChI is InChI=1S/C16H19N3O/c1-2-20-14-6-4-3-5-13(14)11-18-15-9-10-17-16(19-15)12-7-8-12/h3-6,9-10,12H,2,7-8,11H2,1H3,(H,17,18,19). The lowest BCUT2D eigenvalue weighted by Crippen LogP contribution is -2.05. The second-order valence-electron chi connectivity index (χ2n) is 4.97. The molecule has 4 nitrogen and oxygen atoms in total. The Hall–Kier alpha value is -2.10. The maximum absolute atomic E-state index is 5.62. The number of ether oxygens (including phenoxy) is 1. The first kappa shape index (κ1) is 12.9. The molecule has 1 N–H and O–H groups in total. The lowest BCUT2D eigenvalue weighted by Gasteiger charge is -2.11. The molecule has 2 aromatic rings. The lowest BCUT2D eigenvalue weighted by molar-refractivity contribution is 0.337. The van der Waals surface area contributed by atoms with Gasteiger partial charge in [0.05, 0.1) is 6.61 Å². The SMILES string of the molecule is CCOc1ccccc1CNc1ccnc(C2CC2)n1. The van der Waals surface area contributed by atoms with Crippen molar-refractivity contribution in [3.05, 3.63) is 47.9 Å². The van der Waals surface area contributed by atoms with Gasteiger partial charge in [0.25, 0.3) is 0 Å². The minimum atomic E-state index is 0.576. The van der Waals surface area contributed by atoms with E-state index in [1.807, 2.05) is 37.4 Å². The van der Waals surface area contributed by atoms with Gasteiger partial charge in [-0.2, -0.15) is 0 Å². The highest BCUT2D eigenvalue weighted by atomic mass is 16.5. The molecule has 3 rings (SSSR count). The van der Waals surface area contributed by atoms with Crippen LogP contribution in [0.5, 0.6) is 5.75 Å². The Morgan fingerprint density at radius 2 is 2.10 bits per heavy atom. The fraction of sp³-hybridized carbons (Fsp3) is 0.375. The smallest absolute Gasteiger partial charge is 0.133 e. The number of hydrogen-bond acceptors (Lipinski definition) is 4. The zero-order chi connectivity index (χ0) is 13.8. The van der Waals surface area contributed by atoms with Gasteiger partial charge in [-0.25, -0.2) is 9.97 Å². The molecule has 4 heteroatoms. The van der Waals surface area contributed by atoms with Crippen LogP contribution in [0.3, 0.4) is 0 Å². The molecule has 1 saturated carbocycles. The summed E-state index contributed by atoms with van der Waals surface area (Å²) in [5, 5.41) is 3.35. The van der Waals surface area contributed by atoms with Gasteiger partial charge in [0, 0.05) is 24.2 Å². The predicted octanol–water partition coefficient (Wildman–Crippen LogP) is 3.36. The number of nitrogens with one attached hydrogen (secondary N) is 1. The Labute approximate surface area is 119 Å². The van der Waals surface area contributed by atoms with Crippen molar-refractivity contribution in [3.63, 3.8) is 0 Å². The van der Waals surface area contributed by atoms with Gasteiger partial charge >= 0.3 is 0 Å². The van der Waals surface area contributed by atoms with Gasteiger partial charge in [0.1, 0.15) is 17.4 Å². The number of aromatic nitrogens is 2. The van der Waals surface area contributed by atoms with Crippen LogP contribution in [0.4, 0.5) is 5.82 Å². The van der Waals surface area contributed by atoms with Crippen molar-refractivity contribution in [2.45, 2.75) is 32.2 Å². The van der Waals surface area contributed by atoms with E-state index >= 15 is 0 Å². The van der Waals surface area contributed by atoms with Crippen LogP contribution in [-0.4, -0.2) is 16.6 Å². The summed E-state index contributed by atoms with van der Waals surface area (Å²) in [7, 11) is 0. The maximum Gasteiger partial charge on any atom is 0.133 e. The first-order valence-electron chi connectivity index (χ1n) is 7.14. The first-order chi connectivity index (χ1) is 9.86. The van der Waals surface area contributed by atoms with E-state index in [0.29, 0.717) is 19.1 Å². The van der Waals surface area contributed by atoms with Crippen LogP contribution < -0.4 is 10.1 Å². The minimum absolute atomic E-state index is 0.576. The molecule has 1 aromatic heterocycles. The largest absolute Gasteiger partial charge is 0.494 e. The van der Waals surface area contributed by atoms with E-state index in [9.17, 15) is 0 Å². The number of hydrogen-bond donors (Lipinski definition) is 1. The van der Waals surface area contributed by atoms with E-state index in [1.165, 1.54) is 12.8 Å². The summed E-state index contributed by atoms with van der Waals surface area (Å²) in [6.07, 6.45) is 4.27. The summed E-state index contributed by atoms with van der Waals surface area (Å²) in [5.41, 5.74) is 1.14. The number of para-hydroxylation sites is 1. The fourth-order valence-corrected chi connectivity index (χ4v) is 2.14. The van der Waals surface area contributed by atoms with Crippen molar-refractivity contribution >= 4 is 5.82 Å².